The number of nitrogens with two attached hydrogens (primary N) is 3. The molecule has 6 N–H and O–H groups in total. The Morgan fingerprint density at radius 2 is 1.36 bits per heavy atom. The van der Waals surface area contributed by atoms with Crippen molar-refractivity contribution in [1.82, 2.24) is 0 Å². The van der Waals surface area contributed by atoms with E-state index in [0.717, 1.165) is 0 Å². The molecule has 2 aromatic rings. The molecule has 0 amide bonds. The minimum atomic E-state index is -2.09. The smallest absolute Gasteiger partial charge is 0.198 e. The van der Waals surface area contributed by atoms with Crippen LogP contribution in [0.5, 0.6) is 0 Å². The quantitative estimate of drug-likeness (QED) is 0.105. The molecule has 3 nitrogen and oxygen atoms in total. The highest BCUT2D eigenvalue weighted by atomic mass is 127. The van der Waals surface area contributed by atoms with E-state index in [9.17, 15) is 17.6 Å². The van der Waals surface area contributed by atoms with Crippen LogP contribution in [0.3, 0.4) is 0 Å². The van der Waals surface area contributed by atoms with E-state index in [-0.39, 0.29) is 6.07 Å². The monoisotopic (exact) mass is 707 g/mol. The van der Waals surface area contributed by atoms with Crippen LogP contribution in [0.1, 0.15) is 36.8 Å². The Morgan fingerprint density at radius 3 is 1.83 bits per heavy atom. The molecule has 6 rings (SSSR count). The average molecular weight is 707 g/mol. The predicted molar refractivity (Wildman–Crippen MR) is 145 cm³/mol. The average Bonchev–Trinajstić information content (AvgIpc) is 3.54. The summed E-state index contributed by atoms with van der Waals surface area (Å²) in [6.07, 6.45) is 2.84. The number of allylic oxidation sites excluding steroid dienone is 3. The van der Waals surface area contributed by atoms with Gasteiger partial charge in [-0.3, -0.25) is 0 Å². The van der Waals surface area contributed by atoms with Crippen LogP contribution in [0.2, 0.25) is 0 Å². The van der Waals surface area contributed by atoms with Crippen LogP contribution in [-0.4, -0.2) is 6.67 Å². The molecule has 4 unspecified atom stereocenters. The summed E-state index contributed by atoms with van der Waals surface area (Å²) in [7, 11) is 0. The van der Waals surface area contributed by atoms with Gasteiger partial charge in [0.15, 0.2) is 34.9 Å². The number of hydrogen-bond acceptors (Lipinski definition) is 3. The van der Waals surface area contributed by atoms with E-state index in [0.29, 0.717) is 6.07 Å². The molecule has 4 aliphatic carbocycles. The highest BCUT2D eigenvalue weighted by Gasteiger charge is 2.86. The van der Waals surface area contributed by atoms with E-state index in [4.69, 9.17) is 23.6 Å². The molecule has 2 aromatic carbocycles. The lowest BCUT2D eigenvalue weighted by Gasteiger charge is -2.43. The van der Waals surface area contributed by atoms with Gasteiger partial charge in [-0.05, 0) is 35.5 Å². The van der Waals surface area contributed by atoms with Gasteiger partial charge in [-0.2, -0.15) is 4.39 Å². The van der Waals surface area contributed by atoms with Gasteiger partial charge in [0.1, 0.15) is 35.4 Å². The van der Waals surface area contributed by atoms with Gasteiger partial charge in [0.05, 0.1) is 0 Å². The van der Waals surface area contributed by atoms with Gasteiger partial charge in [0.2, 0.25) is 0 Å². The van der Waals surface area contributed by atoms with E-state index < -0.39 is 134 Å². The number of hydrogen-bond donors (Lipinski definition) is 3. The third-order valence-electron chi connectivity index (χ3n) is 9.48. The molecular formula is C29H19F9IN3. The molecule has 4 fully saturated rings. The Kier molecular flexibility index (Phi) is 6.81. The fraction of sp³-hybridized carbons (Fsp3) is 0.310. The van der Waals surface area contributed by atoms with Gasteiger partial charge < -0.3 is 17.2 Å². The van der Waals surface area contributed by atoms with Crippen LogP contribution in [0.15, 0.2) is 35.1 Å². The second-order valence-corrected chi connectivity index (χ2v) is 11.5. The molecular weight excluding hydrogens is 688 g/mol. The summed E-state index contributed by atoms with van der Waals surface area (Å²) in [6.45, 7) is -1.70. The number of benzene rings is 2. The zero-order valence-electron chi connectivity index (χ0n) is 21.3. The first-order valence-corrected chi connectivity index (χ1v) is 13.3. The van der Waals surface area contributed by atoms with Crippen molar-refractivity contribution >= 4 is 34.0 Å². The highest BCUT2D eigenvalue weighted by Crippen LogP contribution is 2.88. The molecule has 0 saturated heterocycles. The molecule has 0 heterocycles. The maximum absolute atomic E-state index is 15.9. The van der Waals surface area contributed by atoms with Crippen molar-refractivity contribution in [2.75, 3.05) is 18.1 Å². The van der Waals surface area contributed by atoms with Crippen molar-refractivity contribution < 1.29 is 39.5 Å². The number of halogens is 10. The summed E-state index contributed by atoms with van der Waals surface area (Å²) in [5, 5.41) is 0. The summed E-state index contributed by atoms with van der Waals surface area (Å²) in [4.78, 5) is 0. The summed E-state index contributed by atoms with van der Waals surface area (Å²) in [6, 6.07) is 0.601. The second-order valence-electron chi connectivity index (χ2n) is 10.9. The van der Waals surface area contributed by atoms with E-state index in [1.54, 1.807) is 22.6 Å². The van der Waals surface area contributed by atoms with Crippen molar-refractivity contribution in [2.45, 2.75) is 36.5 Å². The minimum absolute atomic E-state index is 0.279. The summed E-state index contributed by atoms with van der Waals surface area (Å²) < 4.78 is 139. The second kappa shape index (κ2) is 9.53. The Balaban J connectivity index is 1.98. The van der Waals surface area contributed by atoms with E-state index in [1.807, 2.05) is 0 Å². The topological polar surface area (TPSA) is 78.1 Å². The molecule has 0 aliphatic heterocycles. The van der Waals surface area contributed by atoms with Crippen molar-refractivity contribution in [1.29, 1.82) is 0 Å². The normalized spacial score (nSPS) is 30.1. The molecule has 4 bridgehead atoms. The predicted octanol–water partition coefficient (Wildman–Crippen LogP) is 6.80. The molecule has 220 valence electrons. The highest BCUT2D eigenvalue weighted by molar-refractivity contribution is 14.1. The van der Waals surface area contributed by atoms with Gasteiger partial charge in [-0.25, -0.2) is 35.1 Å². The largest absolute Gasteiger partial charge is 0.394 e. The third kappa shape index (κ3) is 3.40. The summed E-state index contributed by atoms with van der Waals surface area (Å²) >= 11 is 1.61. The molecule has 42 heavy (non-hydrogen) atoms. The summed E-state index contributed by atoms with van der Waals surface area (Å²) in [5.41, 5.74) is 2.90. The number of nitrogen functional groups attached to an aromatic ring is 2. The van der Waals surface area contributed by atoms with Gasteiger partial charge >= 0.3 is 0 Å². The molecule has 0 radical (unpaired) electrons. The number of rotatable bonds is 5. The number of terminal acetylenes is 1. The fourth-order valence-electron chi connectivity index (χ4n) is 8.12. The molecule has 0 spiro atoms. The van der Waals surface area contributed by atoms with Gasteiger partial charge in [0.25, 0.3) is 0 Å². The van der Waals surface area contributed by atoms with E-state index >= 15 is 22.0 Å². The van der Waals surface area contributed by atoms with Gasteiger partial charge in [-0.15, -0.1) is 6.42 Å². The Hall–Kier alpha value is -3.46. The fourth-order valence-corrected chi connectivity index (χ4v) is 8.63. The standard InChI is InChI=1S/C29H19F9IN3/c1-2-13(31)23(40)20(36)12(7-30)27-8-26(3-4-39)9-29(27,19-15(33)6-17(35)25(42)22(19)38)11-28(26,10-27)18-14(32)5-16(34)24(41)21(18)37/h1,5-6H,7-11,40-42H2/b20-12-,23-13-. The zero-order valence-corrected chi connectivity index (χ0v) is 23.4. The maximum Gasteiger partial charge on any atom is 0.198 e. The van der Waals surface area contributed by atoms with Crippen molar-refractivity contribution in [2.24, 2.45) is 16.6 Å². The van der Waals surface area contributed by atoms with Crippen LogP contribution >= 0.6 is 22.6 Å². The first-order chi connectivity index (χ1) is 19.6. The molecule has 0 aromatic heterocycles. The molecule has 13 heteroatoms. The number of alkyl halides is 1. The molecule has 4 atom stereocenters. The van der Waals surface area contributed by atoms with Crippen molar-refractivity contribution in [3.05, 3.63) is 81.1 Å². The third-order valence-corrected chi connectivity index (χ3v) is 9.75. The zero-order chi connectivity index (χ0) is 31.2. The lowest BCUT2D eigenvalue weighted by molar-refractivity contribution is 0.213. The van der Waals surface area contributed by atoms with Crippen LogP contribution in [-0.2, 0) is 10.8 Å². The first-order valence-electron chi connectivity index (χ1n) is 12.2. The van der Waals surface area contributed by atoms with Crippen molar-refractivity contribution in [3.8, 4) is 22.2 Å². The summed E-state index contributed by atoms with van der Waals surface area (Å²) in [5.74, 6) is -7.88. The first kappa shape index (κ1) is 30.0. The Labute approximate surface area is 247 Å². The van der Waals surface area contributed by atoms with Crippen LogP contribution < -0.4 is 17.2 Å². The lowest BCUT2D eigenvalue weighted by atomic mass is 9.60. The lowest BCUT2D eigenvalue weighted by Crippen LogP contribution is -2.41. The molecule has 4 aliphatic rings. The minimum Gasteiger partial charge on any atom is -0.394 e. The Morgan fingerprint density at radius 1 is 0.833 bits per heavy atom. The SMILES string of the molecule is C#C/C(F)=C(N)\C(F)=C(/CF)C12CC3(C#CI)CC1(c1c(F)cc(F)c(N)c1F)CC3(c1c(F)cc(F)c(N)c1F)C2. The number of anilines is 2. The van der Waals surface area contributed by atoms with E-state index in [1.165, 1.54) is 5.92 Å². The van der Waals surface area contributed by atoms with Crippen LogP contribution in [0, 0.1) is 67.9 Å². The van der Waals surface area contributed by atoms with Crippen LogP contribution in [0.25, 0.3) is 0 Å². The van der Waals surface area contributed by atoms with Gasteiger partial charge in [-0.1, -0.05) is 5.92 Å². The molecule has 4 saturated carbocycles. The Bertz CT molecular complexity index is 1750. The van der Waals surface area contributed by atoms with Crippen molar-refractivity contribution in [3.63, 3.8) is 0 Å². The van der Waals surface area contributed by atoms with Crippen LogP contribution in [0.4, 0.5) is 50.9 Å². The van der Waals surface area contributed by atoms with Gasteiger partial charge in [0, 0.05) is 73.1 Å². The maximum atomic E-state index is 15.9. The van der Waals surface area contributed by atoms with E-state index in [2.05, 4.69) is 9.85 Å².